The van der Waals surface area contributed by atoms with Crippen molar-refractivity contribution < 1.29 is 14.1 Å². The highest BCUT2D eigenvalue weighted by Gasteiger charge is 2.31. The lowest BCUT2D eigenvalue weighted by Crippen LogP contribution is -2.52. The third-order valence-electron chi connectivity index (χ3n) is 3.10. The van der Waals surface area contributed by atoms with Crippen LogP contribution in [0.5, 0.6) is 0 Å². The van der Waals surface area contributed by atoms with Crippen molar-refractivity contribution in [1.29, 1.82) is 0 Å². The molecule has 1 amide bonds. The molecule has 0 spiro atoms. The van der Waals surface area contributed by atoms with Crippen LogP contribution in [0, 0.1) is 6.92 Å². The van der Waals surface area contributed by atoms with E-state index >= 15 is 0 Å². The number of hydrogen-bond acceptors (Lipinski definition) is 5. The smallest absolute Gasteiger partial charge is 0.407 e. The molecule has 1 saturated carbocycles. The summed E-state index contributed by atoms with van der Waals surface area (Å²) >= 11 is 0. The molecule has 0 saturated heterocycles. The van der Waals surface area contributed by atoms with Gasteiger partial charge in [-0.25, -0.2) is 4.79 Å². The van der Waals surface area contributed by atoms with Gasteiger partial charge in [0.05, 0.1) is 12.2 Å². The van der Waals surface area contributed by atoms with Gasteiger partial charge in [-0.2, -0.15) is 0 Å². The van der Waals surface area contributed by atoms with Crippen LogP contribution in [0.3, 0.4) is 0 Å². The zero-order valence-corrected chi connectivity index (χ0v) is 12.5. The molecule has 0 bridgehead atoms. The second kappa shape index (κ2) is 5.83. The SMILES string of the molecule is Cc1cc(CNC2CC(NC(=O)OC(C)(C)C)C2)on1. The fraction of sp³-hybridized carbons (Fsp3) is 0.714. The summed E-state index contributed by atoms with van der Waals surface area (Å²) in [5.41, 5.74) is 0.440. The van der Waals surface area contributed by atoms with Crippen LogP contribution in [0.1, 0.15) is 45.1 Å². The van der Waals surface area contributed by atoms with Gasteiger partial charge in [0.15, 0.2) is 5.76 Å². The van der Waals surface area contributed by atoms with Gasteiger partial charge in [-0.05, 0) is 40.5 Å². The van der Waals surface area contributed by atoms with Crippen LogP contribution in [0.15, 0.2) is 10.6 Å². The van der Waals surface area contributed by atoms with Crippen molar-refractivity contribution in [3.63, 3.8) is 0 Å². The highest BCUT2D eigenvalue weighted by atomic mass is 16.6. The van der Waals surface area contributed by atoms with Gasteiger partial charge >= 0.3 is 6.09 Å². The standard InChI is InChI=1S/C14H23N3O3/c1-9-5-12(20-17-9)8-15-10-6-11(7-10)16-13(18)19-14(2,3)4/h5,10-11,15H,6-8H2,1-4H3,(H,16,18). The molecule has 6 heteroatoms. The summed E-state index contributed by atoms with van der Waals surface area (Å²) in [7, 11) is 0. The molecule has 2 N–H and O–H groups in total. The Bertz CT molecular complexity index is 458. The van der Waals surface area contributed by atoms with Crippen molar-refractivity contribution in [3.05, 3.63) is 17.5 Å². The van der Waals surface area contributed by atoms with Gasteiger partial charge < -0.3 is 19.9 Å². The topological polar surface area (TPSA) is 76.4 Å². The molecular formula is C14H23N3O3. The van der Waals surface area contributed by atoms with Gasteiger partial charge in [0.25, 0.3) is 0 Å². The van der Waals surface area contributed by atoms with E-state index in [1.807, 2.05) is 33.8 Å². The summed E-state index contributed by atoms with van der Waals surface area (Å²) in [6.45, 7) is 8.15. The number of carbonyl (C=O) groups is 1. The highest BCUT2D eigenvalue weighted by Crippen LogP contribution is 2.21. The van der Waals surface area contributed by atoms with E-state index < -0.39 is 5.60 Å². The number of carbonyl (C=O) groups excluding carboxylic acids is 1. The average Bonchev–Trinajstić information content (AvgIpc) is 2.64. The van der Waals surface area contributed by atoms with E-state index in [0.29, 0.717) is 12.6 Å². The predicted molar refractivity (Wildman–Crippen MR) is 74.3 cm³/mol. The Morgan fingerprint density at radius 1 is 1.45 bits per heavy atom. The first kappa shape index (κ1) is 14.8. The first-order chi connectivity index (χ1) is 9.32. The van der Waals surface area contributed by atoms with Crippen molar-refractivity contribution in [2.45, 2.75) is 64.8 Å². The Morgan fingerprint density at radius 3 is 2.70 bits per heavy atom. The summed E-state index contributed by atoms with van der Waals surface area (Å²) in [5.74, 6) is 0.839. The van der Waals surface area contributed by atoms with Gasteiger partial charge in [-0.15, -0.1) is 0 Å². The molecule has 0 radical (unpaired) electrons. The molecule has 6 nitrogen and oxygen atoms in total. The van der Waals surface area contributed by atoms with E-state index in [1.165, 1.54) is 0 Å². The van der Waals surface area contributed by atoms with Gasteiger partial charge in [0.1, 0.15) is 5.60 Å². The summed E-state index contributed by atoms with van der Waals surface area (Å²) in [4.78, 5) is 11.6. The number of amides is 1. The number of aromatic nitrogens is 1. The number of hydrogen-bond donors (Lipinski definition) is 2. The first-order valence-electron chi connectivity index (χ1n) is 6.97. The van der Waals surface area contributed by atoms with Crippen LogP contribution < -0.4 is 10.6 Å². The van der Waals surface area contributed by atoms with Gasteiger partial charge in [-0.1, -0.05) is 5.16 Å². The maximum Gasteiger partial charge on any atom is 0.407 e. The van der Waals surface area contributed by atoms with Gasteiger partial charge in [0, 0.05) is 18.2 Å². The van der Waals surface area contributed by atoms with Crippen molar-refractivity contribution in [1.82, 2.24) is 15.8 Å². The zero-order valence-electron chi connectivity index (χ0n) is 12.5. The highest BCUT2D eigenvalue weighted by molar-refractivity contribution is 5.68. The molecule has 2 rings (SSSR count). The first-order valence-corrected chi connectivity index (χ1v) is 6.97. The Morgan fingerprint density at radius 2 is 2.15 bits per heavy atom. The van der Waals surface area contributed by atoms with E-state index in [0.717, 1.165) is 24.3 Å². The largest absolute Gasteiger partial charge is 0.444 e. The number of alkyl carbamates (subject to hydrolysis) is 1. The van der Waals surface area contributed by atoms with Crippen molar-refractivity contribution in [2.75, 3.05) is 0 Å². The Kier molecular flexibility index (Phi) is 4.32. The minimum Gasteiger partial charge on any atom is -0.444 e. The fourth-order valence-corrected chi connectivity index (χ4v) is 2.12. The minimum atomic E-state index is -0.449. The molecule has 1 fully saturated rings. The molecule has 1 aliphatic carbocycles. The molecule has 1 aromatic heterocycles. The van der Waals surface area contributed by atoms with Crippen LogP contribution in [-0.2, 0) is 11.3 Å². The predicted octanol–water partition coefficient (Wildman–Crippen LogP) is 2.13. The molecule has 0 atom stereocenters. The quantitative estimate of drug-likeness (QED) is 0.884. The lowest BCUT2D eigenvalue weighted by atomic mass is 9.87. The Balaban J connectivity index is 1.61. The zero-order chi connectivity index (χ0) is 14.8. The maximum absolute atomic E-state index is 11.6. The minimum absolute atomic E-state index is 0.193. The van der Waals surface area contributed by atoms with Crippen LogP contribution >= 0.6 is 0 Å². The molecule has 20 heavy (non-hydrogen) atoms. The van der Waals surface area contributed by atoms with E-state index in [2.05, 4.69) is 15.8 Å². The number of aryl methyl sites for hydroxylation is 1. The summed E-state index contributed by atoms with van der Waals surface area (Å²) in [6, 6.07) is 2.52. The molecular weight excluding hydrogens is 258 g/mol. The lowest BCUT2D eigenvalue weighted by Gasteiger charge is -2.36. The van der Waals surface area contributed by atoms with E-state index in [1.54, 1.807) is 0 Å². The number of rotatable bonds is 4. The monoisotopic (exact) mass is 281 g/mol. The lowest BCUT2D eigenvalue weighted by molar-refractivity contribution is 0.0464. The molecule has 1 heterocycles. The van der Waals surface area contributed by atoms with E-state index in [4.69, 9.17) is 9.26 Å². The van der Waals surface area contributed by atoms with Crippen LogP contribution in [0.25, 0.3) is 0 Å². The van der Waals surface area contributed by atoms with Gasteiger partial charge in [-0.3, -0.25) is 0 Å². The molecule has 0 aromatic carbocycles. The van der Waals surface area contributed by atoms with Crippen LogP contribution in [-0.4, -0.2) is 28.9 Å². The number of nitrogens with zero attached hydrogens (tertiary/aromatic N) is 1. The van der Waals surface area contributed by atoms with Crippen molar-refractivity contribution in [3.8, 4) is 0 Å². The Labute approximate surface area is 119 Å². The molecule has 0 unspecified atom stereocenters. The molecule has 1 aliphatic rings. The maximum atomic E-state index is 11.6. The molecule has 1 aromatic rings. The second-order valence-electron chi connectivity index (χ2n) is 6.33. The summed E-state index contributed by atoms with van der Waals surface area (Å²) in [6.07, 6.45) is 1.48. The number of nitrogens with one attached hydrogen (secondary N) is 2. The summed E-state index contributed by atoms with van der Waals surface area (Å²) < 4.78 is 10.3. The van der Waals surface area contributed by atoms with E-state index in [-0.39, 0.29) is 12.1 Å². The van der Waals surface area contributed by atoms with E-state index in [9.17, 15) is 4.79 Å². The number of ether oxygens (including phenoxy) is 1. The van der Waals surface area contributed by atoms with Crippen LogP contribution in [0.4, 0.5) is 4.79 Å². The third kappa shape index (κ3) is 4.52. The average molecular weight is 281 g/mol. The third-order valence-corrected chi connectivity index (χ3v) is 3.10. The van der Waals surface area contributed by atoms with Crippen molar-refractivity contribution >= 4 is 6.09 Å². The summed E-state index contributed by atoms with van der Waals surface area (Å²) in [5, 5.41) is 10.1. The van der Waals surface area contributed by atoms with Crippen LogP contribution in [0.2, 0.25) is 0 Å². The molecule has 112 valence electrons. The molecule has 0 aliphatic heterocycles. The van der Waals surface area contributed by atoms with Crippen molar-refractivity contribution in [2.24, 2.45) is 0 Å². The fourth-order valence-electron chi connectivity index (χ4n) is 2.12. The second-order valence-corrected chi connectivity index (χ2v) is 6.33. The van der Waals surface area contributed by atoms with Gasteiger partial charge in [0.2, 0.25) is 0 Å². The Hall–Kier alpha value is -1.56. The normalized spacial score (nSPS) is 22.2.